The predicted octanol–water partition coefficient (Wildman–Crippen LogP) is 3.44. The SMILES string of the molecule is CCC1CCCN1CC(O)C12CC3CC(CC(C3)C1)C2. The van der Waals surface area contributed by atoms with Gasteiger partial charge in [0.1, 0.15) is 0 Å². The summed E-state index contributed by atoms with van der Waals surface area (Å²) in [7, 11) is 0. The van der Waals surface area contributed by atoms with E-state index in [1.54, 1.807) is 0 Å². The van der Waals surface area contributed by atoms with E-state index in [1.807, 2.05) is 0 Å². The third kappa shape index (κ3) is 2.14. The average Bonchev–Trinajstić information content (AvgIpc) is 2.84. The van der Waals surface area contributed by atoms with Crippen LogP contribution in [0.1, 0.15) is 64.7 Å². The number of hydrogen-bond acceptors (Lipinski definition) is 2. The molecule has 1 heterocycles. The van der Waals surface area contributed by atoms with Gasteiger partial charge in [0, 0.05) is 12.6 Å². The molecule has 0 radical (unpaired) electrons. The molecule has 0 amide bonds. The van der Waals surface area contributed by atoms with E-state index in [1.165, 1.54) is 64.3 Å². The van der Waals surface area contributed by atoms with Crippen molar-refractivity contribution < 1.29 is 5.11 Å². The first-order valence-electron chi connectivity index (χ1n) is 9.10. The van der Waals surface area contributed by atoms with Crippen LogP contribution in [0.15, 0.2) is 0 Å². The Morgan fingerprint density at radius 2 is 1.70 bits per heavy atom. The van der Waals surface area contributed by atoms with Crippen LogP contribution in [0.4, 0.5) is 0 Å². The van der Waals surface area contributed by atoms with E-state index in [9.17, 15) is 5.11 Å². The fourth-order valence-electron chi connectivity index (χ4n) is 6.60. The molecule has 1 N–H and O–H groups in total. The van der Waals surface area contributed by atoms with Gasteiger partial charge in [-0.05, 0) is 87.5 Å². The van der Waals surface area contributed by atoms with Gasteiger partial charge in [-0.15, -0.1) is 0 Å². The second kappa shape index (κ2) is 4.98. The molecule has 0 aromatic rings. The summed E-state index contributed by atoms with van der Waals surface area (Å²) in [6, 6.07) is 0.749. The molecule has 4 bridgehead atoms. The van der Waals surface area contributed by atoms with Crippen molar-refractivity contribution in [1.82, 2.24) is 4.90 Å². The van der Waals surface area contributed by atoms with E-state index in [0.29, 0.717) is 5.41 Å². The first-order valence-corrected chi connectivity index (χ1v) is 9.10. The lowest BCUT2D eigenvalue weighted by molar-refractivity contribution is -0.127. The van der Waals surface area contributed by atoms with Crippen molar-refractivity contribution in [2.24, 2.45) is 23.2 Å². The van der Waals surface area contributed by atoms with Gasteiger partial charge in [-0.2, -0.15) is 0 Å². The molecule has 1 aliphatic heterocycles. The van der Waals surface area contributed by atoms with Gasteiger partial charge in [0.15, 0.2) is 0 Å². The van der Waals surface area contributed by atoms with Gasteiger partial charge in [-0.1, -0.05) is 6.92 Å². The molecule has 0 aromatic heterocycles. The third-order valence-electron chi connectivity index (χ3n) is 7.17. The molecular weight excluding hydrogens is 246 g/mol. The first kappa shape index (κ1) is 13.6. The summed E-state index contributed by atoms with van der Waals surface area (Å²) in [6.45, 7) is 4.49. The van der Waals surface area contributed by atoms with E-state index in [4.69, 9.17) is 0 Å². The van der Waals surface area contributed by atoms with Gasteiger partial charge in [0.2, 0.25) is 0 Å². The van der Waals surface area contributed by atoms with E-state index >= 15 is 0 Å². The Kier molecular flexibility index (Phi) is 3.38. The van der Waals surface area contributed by atoms with Crippen LogP contribution in [0.5, 0.6) is 0 Å². The fraction of sp³-hybridized carbons (Fsp3) is 1.00. The molecule has 5 rings (SSSR count). The molecule has 2 nitrogen and oxygen atoms in total. The third-order valence-corrected chi connectivity index (χ3v) is 7.17. The van der Waals surface area contributed by atoms with Crippen LogP contribution in [-0.2, 0) is 0 Å². The van der Waals surface area contributed by atoms with E-state index in [2.05, 4.69) is 11.8 Å². The first-order chi connectivity index (χ1) is 9.68. The Bertz CT molecular complexity index is 331. The van der Waals surface area contributed by atoms with Crippen molar-refractivity contribution >= 4 is 0 Å². The Morgan fingerprint density at radius 3 is 2.25 bits per heavy atom. The summed E-state index contributed by atoms with van der Waals surface area (Å²) >= 11 is 0. The standard InChI is InChI=1S/C18H31NO/c1-2-16-4-3-5-19(16)12-17(20)18-9-13-6-14(10-18)8-15(7-13)11-18/h13-17,20H,2-12H2,1H3. The summed E-state index contributed by atoms with van der Waals surface area (Å²) in [4.78, 5) is 2.60. The smallest absolute Gasteiger partial charge is 0.0723 e. The monoisotopic (exact) mass is 277 g/mol. The number of nitrogens with zero attached hydrogens (tertiary/aromatic N) is 1. The fourth-order valence-corrected chi connectivity index (χ4v) is 6.60. The van der Waals surface area contributed by atoms with E-state index in [0.717, 1.165) is 30.3 Å². The number of aliphatic hydroxyl groups excluding tert-OH is 1. The second-order valence-electron chi connectivity index (χ2n) is 8.49. The molecule has 5 aliphatic rings. The van der Waals surface area contributed by atoms with E-state index < -0.39 is 0 Å². The molecule has 4 saturated carbocycles. The molecule has 2 heteroatoms. The number of aliphatic hydroxyl groups is 1. The Morgan fingerprint density at radius 1 is 1.10 bits per heavy atom. The minimum Gasteiger partial charge on any atom is -0.391 e. The molecule has 1 saturated heterocycles. The van der Waals surface area contributed by atoms with Crippen molar-refractivity contribution in [2.45, 2.75) is 76.9 Å². The van der Waals surface area contributed by atoms with Gasteiger partial charge in [0.25, 0.3) is 0 Å². The van der Waals surface area contributed by atoms with Crippen molar-refractivity contribution in [3.8, 4) is 0 Å². The van der Waals surface area contributed by atoms with E-state index in [-0.39, 0.29) is 6.10 Å². The van der Waals surface area contributed by atoms with Gasteiger partial charge in [0.05, 0.1) is 6.10 Å². The van der Waals surface area contributed by atoms with Crippen LogP contribution in [0.2, 0.25) is 0 Å². The van der Waals surface area contributed by atoms with Crippen LogP contribution in [0.25, 0.3) is 0 Å². The van der Waals surface area contributed by atoms with Crippen LogP contribution in [0.3, 0.4) is 0 Å². The Hall–Kier alpha value is -0.0800. The minimum atomic E-state index is -0.0527. The minimum absolute atomic E-state index is 0.0527. The number of rotatable bonds is 4. The summed E-state index contributed by atoms with van der Waals surface area (Å²) < 4.78 is 0. The van der Waals surface area contributed by atoms with Crippen molar-refractivity contribution in [1.29, 1.82) is 0 Å². The largest absolute Gasteiger partial charge is 0.391 e. The van der Waals surface area contributed by atoms with Crippen LogP contribution >= 0.6 is 0 Å². The molecule has 2 atom stereocenters. The highest BCUT2D eigenvalue weighted by molar-refractivity contribution is 5.05. The van der Waals surface area contributed by atoms with Crippen molar-refractivity contribution in [2.75, 3.05) is 13.1 Å². The number of likely N-dealkylation sites (tertiary alicyclic amines) is 1. The normalized spacial score (nSPS) is 48.9. The Labute approximate surface area is 123 Å². The summed E-state index contributed by atoms with van der Waals surface area (Å²) in [5.74, 6) is 2.87. The lowest BCUT2D eigenvalue weighted by Gasteiger charge is -2.58. The van der Waals surface area contributed by atoms with Gasteiger partial charge in [-0.25, -0.2) is 0 Å². The van der Waals surface area contributed by atoms with Gasteiger partial charge < -0.3 is 5.11 Å². The summed E-state index contributed by atoms with van der Waals surface area (Å²) in [5.41, 5.74) is 0.315. The lowest BCUT2D eigenvalue weighted by Crippen LogP contribution is -2.54. The molecule has 0 spiro atoms. The molecule has 2 unspecified atom stereocenters. The second-order valence-corrected chi connectivity index (χ2v) is 8.49. The molecular formula is C18H31NO. The molecule has 20 heavy (non-hydrogen) atoms. The highest BCUT2D eigenvalue weighted by Gasteiger charge is 2.54. The zero-order chi connectivity index (χ0) is 13.7. The molecule has 5 fully saturated rings. The zero-order valence-electron chi connectivity index (χ0n) is 13.1. The summed E-state index contributed by atoms with van der Waals surface area (Å²) in [6.07, 6.45) is 12.3. The van der Waals surface area contributed by atoms with Crippen molar-refractivity contribution in [3.63, 3.8) is 0 Å². The van der Waals surface area contributed by atoms with Crippen LogP contribution < -0.4 is 0 Å². The van der Waals surface area contributed by atoms with Crippen LogP contribution in [-0.4, -0.2) is 35.2 Å². The molecule has 4 aliphatic carbocycles. The number of β-amino-alcohol motifs (C(OH)–C–C–N with tert-alkyl or cyclic N) is 1. The maximum atomic E-state index is 11.0. The predicted molar refractivity (Wildman–Crippen MR) is 81.5 cm³/mol. The highest BCUT2D eigenvalue weighted by atomic mass is 16.3. The summed E-state index contributed by atoms with van der Waals surface area (Å²) in [5, 5.41) is 11.0. The average molecular weight is 277 g/mol. The molecule has 0 aromatic carbocycles. The zero-order valence-corrected chi connectivity index (χ0v) is 13.1. The lowest BCUT2D eigenvalue weighted by atomic mass is 9.48. The van der Waals surface area contributed by atoms with Gasteiger partial charge in [-0.3, -0.25) is 4.90 Å². The van der Waals surface area contributed by atoms with Gasteiger partial charge >= 0.3 is 0 Å². The quantitative estimate of drug-likeness (QED) is 0.851. The maximum Gasteiger partial charge on any atom is 0.0723 e. The molecule has 114 valence electrons. The number of hydrogen-bond donors (Lipinski definition) is 1. The van der Waals surface area contributed by atoms with Crippen molar-refractivity contribution in [3.05, 3.63) is 0 Å². The topological polar surface area (TPSA) is 23.5 Å². The highest BCUT2D eigenvalue weighted by Crippen LogP contribution is 2.61. The maximum absolute atomic E-state index is 11.0. The Balaban J connectivity index is 1.46. The van der Waals surface area contributed by atoms with Crippen LogP contribution in [0, 0.1) is 23.2 Å².